The molecule has 6 nitrogen and oxygen atoms in total. The fourth-order valence-corrected chi connectivity index (χ4v) is 3.07. The number of carbonyl (C=O) groups excluding carboxylic acids is 1. The van der Waals surface area contributed by atoms with Crippen molar-refractivity contribution >= 4 is 11.8 Å². The molecule has 0 radical (unpaired) electrons. The van der Waals surface area contributed by atoms with Gasteiger partial charge in [-0.1, -0.05) is 75.8 Å². The van der Waals surface area contributed by atoms with E-state index in [0.29, 0.717) is 11.6 Å². The molecule has 3 rings (SSSR count). The Kier molecular flexibility index (Phi) is 11.5. The van der Waals surface area contributed by atoms with Crippen LogP contribution in [0, 0.1) is 11.3 Å². The molecule has 1 aliphatic carbocycles. The van der Waals surface area contributed by atoms with Crippen LogP contribution in [0.3, 0.4) is 0 Å². The third-order valence-electron chi connectivity index (χ3n) is 4.60. The Labute approximate surface area is 169 Å². The fraction of sp³-hybridized carbons (Fsp3) is 0.545. The van der Waals surface area contributed by atoms with E-state index in [2.05, 4.69) is 17.0 Å². The second-order valence-corrected chi connectivity index (χ2v) is 7.44. The van der Waals surface area contributed by atoms with Gasteiger partial charge in [0.25, 0.3) is 0 Å². The van der Waals surface area contributed by atoms with Crippen LogP contribution >= 0.6 is 0 Å². The van der Waals surface area contributed by atoms with E-state index in [0.717, 1.165) is 29.9 Å². The second kappa shape index (κ2) is 13.6. The predicted octanol–water partition coefficient (Wildman–Crippen LogP) is 4.45. The minimum absolute atomic E-state index is 0.246. The second-order valence-electron chi connectivity index (χ2n) is 7.44. The van der Waals surface area contributed by atoms with Crippen molar-refractivity contribution in [1.82, 2.24) is 5.32 Å². The van der Waals surface area contributed by atoms with Gasteiger partial charge in [-0.2, -0.15) is 0 Å². The molecule has 0 bridgehead atoms. The molecule has 2 aliphatic rings. The average Bonchev–Trinajstić information content (AvgIpc) is 2.69. The van der Waals surface area contributed by atoms with Crippen LogP contribution in [0.2, 0.25) is 0 Å². The maximum Gasteiger partial charge on any atom is 0.404 e. The van der Waals surface area contributed by atoms with Gasteiger partial charge in [0, 0.05) is 12.2 Å². The van der Waals surface area contributed by atoms with Crippen molar-refractivity contribution < 1.29 is 9.53 Å². The van der Waals surface area contributed by atoms with Gasteiger partial charge in [-0.05, 0) is 24.8 Å². The SMILES string of the molecule is C/C(N)=C1\NC[C@H](C)CC1=N.C1CCCCC1.NC(=O)OCc1ccccc1. The molecular formula is C22H36N4O2. The molecule has 28 heavy (non-hydrogen) atoms. The molecule has 1 saturated carbocycles. The van der Waals surface area contributed by atoms with Gasteiger partial charge in [-0.15, -0.1) is 0 Å². The normalized spacial score (nSPS) is 20.4. The van der Waals surface area contributed by atoms with Crippen LogP contribution in [0.25, 0.3) is 0 Å². The molecule has 1 saturated heterocycles. The summed E-state index contributed by atoms with van der Waals surface area (Å²) in [7, 11) is 0. The van der Waals surface area contributed by atoms with Gasteiger partial charge >= 0.3 is 6.09 Å². The van der Waals surface area contributed by atoms with Gasteiger partial charge in [0.15, 0.2) is 0 Å². The van der Waals surface area contributed by atoms with Gasteiger partial charge in [0.2, 0.25) is 0 Å². The fourth-order valence-electron chi connectivity index (χ4n) is 3.07. The average molecular weight is 389 g/mol. The smallest absolute Gasteiger partial charge is 0.404 e. The minimum atomic E-state index is -0.742. The summed E-state index contributed by atoms with van der Waals surface area (Å²) in [4.78, 5) is 10.2. The Hall–Kier alpha value is -2.50. The number of hydrogen-bond donors (Lipinski definition) is 4. The lowest BCUT2D eigenvalue weighted by Gasteiger charge is -2.24. The van der Waals surface area contributed by atoms with Crippen LogP contribution in [0.15, 0.2) is 41.7 Å². The molecule has 0 unspecified atom stereocenters. The van der Waals surface area contributed by atoms with Crippen molar-refractivity contribution in [3.8, 4) is 0 Å². The summed E-state index contributed by atoms with van der Waals surface area (Å²) >= 11 is 0. The maximum atomic E-state index is 10.2. The van der Waals surface area contributed by atoms with Crippen LogP contribution in [-0.4, -0.2) is 18.3 Å². The van der Waals surface area contributed by atoms with Gasteiger partial charge in [0.05, 0.1) is 11.4 Å². The van der Waals surface area contributed by atoms with Gasteiger partial charge < -0.3 is 26.9 Å². The monoisotopic (exact) mass is 388 g/mol. The highest BCUT2D eigenvalue weighted by Crippen LogP contribution is 2.15. The third kappa shape index (κ3) is 10.6. The number of ether oxygens (including phenoxy) is 1. The first-order valence-electron chi connectivity index (χ1n) is 10.1. The quantitative estimate of drug-likeness (QED) is 0.599. The first kappa shape index (κ1) is 23.5. The van der Waals surface area contributed by atoms with E-state index < -0.39 is 6.09 Å². The molecule has 2 fully saturated rings. The van der Waals surface area contributed by atoms with E-state index >= 15 is 0 Å². The summed E-state index contributed by atoms with van der Waals surface area (Å²) in [5.41, 5.74) is 13.5. The number of benzene rings is 1. The van der Waals surface area contributed by atoms with Gasteiger partial charge in [0.1, 0.15) is 6.61 Å². The Morgan fingerprint density at radius 1 is 1.11 bits per heavy atom. The van der Waals surface area contributed by atoms with Gasteiger partial charge in [-0.25, -0.2) is 4.79 Å². The molecular weight excluding hydrogens is 352 g/mol. The lowest BCUT2D eigenvalue weighted by molar-refractivity contribution is 0.150. The largest absolute Gasteiger partial charge is 0.445 e. The Morgan fingerprint density at radius 3 is 2.07 bits per heavy atom. The van der Waals surface area contributed by atoms with E-state index in [4.69, 9.17) is 16.9 Å². The third-order valence-corrected chi connectivity index (χ3v) is 4.60. The van der Waals surface area contributed by atoms with Crippen molar-refractivity contribution in [2.45, 2.75) is 65.4 Å². The number of primary amides is 1. The molecule has 1 aliphatic heterocycles. The van der Waals surface area contributed by atoms with E-state index in [1.165, 1.54) is 38.5 Å². The summed E-state index contributed by atoms with van der Waals surface area (Å²) in [6, 6.07) is 9.37. The lowest BCUT2D eigenvalue weighted by Crippen LogP contribution is -2.34. The summed E-state index contributed by atoms with van der Waals surface area (Å²) in [5.74, 6) is 0.561. The molecule has 6 heteroatoms. The zero-order valence-corrected chi connectivity index (χ0v) is 17.3. The van der Waals surface area contributed by atoms with Crippen LogP contribution in [0.4, 0.5) is 4.79 Å². The Morgan fingerprint density at radius 2 is 1.64 bits per heavy atom. The van der Waals surface area contributed by atoms with E-state index in [9.17, 15) is 4.79 Å². The number of nitrogens with two attached hydrogens (primary N) is 2. The topological polar surface area (TPSA) is 114 Å². The van der Waals surface area contributed by atoms with Crippen LogP contribution in [-0.2, 0) is 11.3 Å². The lowest BCUT2D eigenvalue weighted by atomic mass is 9.97. The Balaban J connectivity index is 0.000000219. The molecule has 6 N–H and O–H groups in total. The number of hydrogen-bond acceptors (Lipinski definition) is 5. The first-order valence-corrected chi connectivity index (χ1v) is 10.1. The number of rotatable bonds is 2. The van der Waals surface area contributed by atoms with Crippen molar-refractivity contribution in [3.63, 3.8) is 0 Å². The zero-order chi connectivity index (χ0) is 20.8. The molecule has 1 amide bonds. The van der Waals surface area contributed by atoms with Crippen LogP contribution < -0.4 is 16.8 Å². The zero-order valence-electron chi connectivity index (χ0n) is 17.3. The van der Waals surface area contributed by atoms with Crippen molar-refractivity contribution in [2.75, 3.05) is 6.54 Å². The number of carbonyl (C=O) groups is 1. The van der Waals surface area contributed by atoms with Crippen LogP contribution in [0.5, 0.6) is 0 Å². The van der Waals surface area contributed by atoms with Gasteiger partial charge in [-0.3, -0.25) is 0 Å². The van der Waals surface area contributed by atoms with E-state index in [1.807, 2.05) is 37.3 Å². The standard InChI is InChI=1S/C8H15N3.C8H9NO2.C6H12/c1-5-3-7(10)8(6(2)9)11-4-5;9-8(10)11-6-7-4-2-1-3-5-7;1-2-4-6-5-3-1/h5,10-11H,3-4,9H2,1-2H3;1-5H,6H2,(H2,9,10);1-6H2/b8-6+,10-7?;;/t5-;;/m1../s1. The van der Waals surface area contributed by atoms with Crippen molar-refractivity contribution in [1.29, 1.82) is 5.41 Å². The highest BCUT2D eigenvalue weighted by atomic mass is 16.5. The summed E-state index contributed by atoms with van der Waals surface area (Å²) in [6.07, 6.45) is 9.10. The molecule has 1 aromatic carbocycles. The molecule has 0 spiro atoms. The number of nitrogens with one attached hydrogen (secondary N) is 2. The maximum absolute atomic E-state index is 10.2. The van der Waals surface area contributed by atoms with Crippen molar-refractivity contribution in [2.24, 2.45) is 17.4 Å². The summed E-state index contributed by atoms with van der Waals surface area (Å²) in [6.45, 7) is 5.14. The number of amides is 1. The molecule has 156 valence electrons. The molecule has 0 aromatic heterocycles. The molecule has 1 atom stereocenters. The molecule has 1 heterocycles. The number of piperidine rings is 1. The summed E-state index contributed by atoms with van der Waals surface area (Å²) < 4.78 is 4.57. The highest BCUT2D eigenvalue weighted by molar-refractivity contribution is 5.98. The summed E-state index contributed by atoms with van der Waals surface area (Å²) in [5, 5.41) is 10.8. The minimum Gasteiger partial charge on any atom is -0.445 e. The Bertz CT molecular complexity index is 609. The van der Waals surface area contributed by atoms with Crippen LogP contribution in [0.1, 0.15) is 64.4 Å². The number of allylic oxidation sites excluding steroid dienone is 2. The van der Waals surface area contributed by atoms with Crippen molar-refractivity contribution in [3.05, 3.63) is 47.3 Å². The van der Waals surface area contributed by atoms with E-state index in [-0.39, 0.29) is 6.61 Å². The first-order chi connectivity index (χ1) is 13.4. The molecule has 1 aromatic rings. The predicted molar refractivity (Wildman–Crippen MR) is 115 cm³/mol. The highest BCUT2D eigenvalue weighted by Gasteiger charge is 2.17. The van der Waals surface area contributed by atoms with E-state index in [1.54, 1.807) is 0 Å².